The number of carbonyl (C=O) groups excluding carboxylic acids is 2. The summed E-state index contributed by atoms with van der Waals surface area (Å²) < 4.78 is 0. The summed E-state index contributed by atoms with van der Waals surface area (Å²) in [6.45, 7) is 2.76. The van der Waals surface area contributed by atoms with E-state index in [0.717, 1.165) is 41.8 Å². The van der Waals surface area contributed by atoms with E-state index in [1.165, 1.54) is 0 Å². The SMILES string of the molecule is CCc1ccccc1NC(=O)c1ccc2c(c1)CCCN2C(=O)c1ccccc1. The van der Waals surface area contributed by atoms with Gasteiger partial charge in [-0.2, -0.15) is 0 Å². The van der Waals surface area contributed by atoms with Crippen molar-refractivity contribution >= 4 is 23.2 Å². The van der Waals surface area contributed by atoms with E-state index in [1.807, 2.05) is 71.6 Å². The molecule has 146 valence electrons. The zero-order chi connectivity index (χ0) is 20.2. The van der Waals surface area contributed by atoms with Gasteiger partial charge in [0.2, 0.25) is 0 Å². The number of rotatable bonds is 4. The maximum Gasteiger partial charge on any atom is 0.258 e. The highest BCUT2D eigenvalue weighted by Crippen LogP contribution is 2.30. The van der Waals surface area contributed by atoms with Gasteiger partial charge in [-0.05, 0) is 66.8 Å². The van der Waals surface area contributed by atoms with E-state index in [-0.39, 0.29) is 11.8 Å². The molecule has 4 rings (SSSR count). The highest BCUT2D eigenvalue weighted by Gasteiger charge is 2.24. The Morgan fingerprint density at radius 1 is 0.931 bits per heavy atom. The lowest BCUT2D eigenvalue weighted by Gasteiger charge is -2.30. The number of benzene rings is 3. The first-order chi connectivity index (χ1) is 14.2. The van der Waals surface area contributed by atoms with Crippen LogP contribution in [0.25, 0.3) is 0 Å². The molecule has 0 aromatic heterocycles. The van der Waals surface area contributed by atoms with Crippen LogP contribution in [0.5, 0.6) is 0 Å². The Morgan fingerprint density at radius 2 is 1.69 bits per heavy atom. The van der Waals surface area contributed by atoms with E-state index in [2.05, 4.69) is 12.2 Å². The van der Waals surface area contributed by atoms with Crippen molar-refractivity contribution in [2.24, 2.45) is 0 Å². The van der Waals surface area contributed by atoms with Crippen LogP contribution in [0.3, 0.4) is 0 Å². The average Bonchev–Trinajstić information content (AvgIpc) is 2.78. The normalized spacial score (nSPS) is 12.9. The number of carbonyl (C=O) groups is 2. The largest absolute Gasteiger partial charge is 0.322 e. The number of amides is 2. The van der Waals surface area contributed by atoms with E-state index in [4.69, 9.17) is 0 Å². The molecule has 1 aliphatic rings. The Morgan fingerprint density at radius 3 is 2.48 bits per heavy atom. The standard InChI is InChI=1S/C25H24N2O2/c1-2-18-9-6-7-13-22(18)26-24(28)21-14-15-23-20(17-21)12-8-16-27(23)25(29)19-10-4-3-5-11-19/h3-7,9-11,13-15,17H,2,8,12,16H2,1H3,(H,26,28). The van der Waals surface area contributed by atoms with Crippen LogP contribution in [0.1, 0.15) is 45.2 Å². The quantitative estimate of drug-likeness (QED) is 0.681. The van der Waals surface area contributed by atoms with E-state index in [0.29, 0.717) is 17.7 Å². The third-order valence-electron chi connectivity index (χ3n) is 5.37. The molecular weight excluding hydrogens is 360 g/mol. The first kappa shape index (κ1) is 18.9. The van der Waals surface area contributed by atoms with Crippen LogP contribution in [0.15, 0.2) is 72.8 Å². The predicted molar refractivity (Wildman–Crippen MR) is 117 cm³/mol. The van der Waals surface area contributed by atoms with Crippen LogP contribution in [0.2, 0.25) is 0 Å². The maximum atomic E-state index is 12.9. The molecular formula is C25H24N2O2. The van der Waals surface area contributed by atoms with Gasteiger partial charge < -0.3 is 10.2 Å². The van der Waals surface area contributed by atoms with Crippen molar-refractivity contribution in [3.8, 4) is 0 Å². The molecule has 3 aromatic rings. The Kier molecular flexibility index (Phi) is 5.43. The zero-order valence-corrected chi connectivity index (χ0v) is 16.5. The molecule has 1 heterocycles. The lowest BCUT2D eigenvalue weighted by atomic mass is 9.98. The number of nitrogens with zero attached hydrogens (tertiary/aromatic N) is 1. The molecule has 0 unspecified atom stereocenters. The van der Waals surface area contributed by atoms with E-state index in [9.17, 15) is 9.59 Å². The number of hydrogen-bond donors (Lipinski definition) is 1. The number of para-hydroxylation sites is 1. The minimum atomic E-state index is -0.125. The number of aryl methyl sites for hydroxylation is 2. The van der Waals surface area contributed by atoms with Gasteiger partial charge in [-0.1, -0.05) is 43.3 Å². The van der Waals surface area contributed by atoms with Gasteiger partial charge in [0.25, 0.3) is 11.8 Å². The Bertz CT molecular complexity index is 1040. The number of hydrogen-bond acceptors (Lipinski definition) is 2. The topological polar surface area (TPSA) is 49.4 Å². The fourth-order valence-electron chi connectivity index (χ4n) is 3.83. The molecule has 0 bridgehead atoms. The van der Waals surface area contributed by atoms with Crippen LogP contribution in [-0.4, -0.2) is 18.4 Å². The first-order valence-electron chi connectivity index (χ1n) is 10.1. The molecule has 1 N–H and O–H groups in total. The van der Waals surface area contributed by atoms with Crippen molar-refractivity contribution in [3.05, 3.63) is 95.1 Å². The van der Waals surface area contributed by atoms with Crippen LogP contribution in [-0.2, 0) is 12.8 Å². The smallest absolute Gasteiger partial charge is 0.258 e. The van der Waals surface area contributed by atoms with E-state index >= 15 is 0 Å². The first-order valence-corrected chi connectivity index (χ1v) is 10.1. The summed E-state index contributed by atoms with van der Waals surface area (Å²) in [6.07, 6.45) is 2.60. The van der Waals surface area contributed by atoms with Crippen LogP contribution < -0.4 is 10.2 Å². The fourth-order valence-corrected chi connectivity index (χ4v) is 3.83. The van der Waals surface area contributed by atoms with Gasteiger partial charge in [-0.15, -0.1) is 0 Å². The maximum absolute atomic E-state index is 12.9. The fraction of sp³-hybridized carbons (Fsp3) is 0.200. The summed E-state index contributed by atoms with van der Waals surface area (Å²) in [5.41, 5.74) is 5.19. The molecule has 4 nitrogen and oxygen atoms in total. The average molecular weight is 384 g/mol. The third-order valence-corrected chi connectivity index (χ3v) is 5.37. The van der Waals surface area contributed by atoms with Crippen LogP contribution in [0, 0.1) is 0 Å². The van der Waals surface area contributed by atoms with Gasteiger partial charge in [0, 0.05) is 29.0 Å². The van der Waals surface area contributed by atoms with Crippen molar-refractivity contribution in [2.45, 2.75) is 26.2 Å². The van der Waals surface area contributed by atoms with Gasteiger partial charge in [-0.3, -0.25) is 9.59 Å². The number of nitrogens with one attached hydrogen (secondary N) is 1. The minimum Gasteiger partial charge on any atom is -0.322 e. The summed E-state index contributed by atoms with van der Waals surface area (Å²) in [7, 11) is 0. The van der Waals surface area contributed by atoms with Crippen molar-refractivity contribution < 1.29 is 9.59 Å². The number of anilines is 2. The molecule has 0 saturated heterocycles. The molecule has 4 heteroatoms. The molecule has 0 fully saturated rings. The number of fused-ring (bicyclic) bond motifs is 1. The predicted octanol–water partition coefficient (Wildman–Crippen LogP) is 5.09. The molecule has 0 atom stereocenters. The zero-order valence-electron chi connectivity index (χ0n) is 16.5. The molecule has 3 aromatic carbocycles. The summed E-state index contributed by atoms with van der Waals surface area (Å²) in [5, 5.41) is 3.02. The van der Waals surface area contributed by atoms with Gasteiger partial charge in [0.1, 0.15) is 0 Å². The second kappa shape index (κ2) is 8.31. The van der Waals surface area contributed by atoms with Crippen molar-refractivity contribution in [2.75, 3.05) is 16.8 Å². The van der Waals surface area contributed by atoms with Crippen LogP contribution >= 0.6 is 0 Å². The molecule has 2 amide bonds. The van der Waals surface area contributed by atoms with Crippen molar-refractivity contribution in [3.63, 3.8) is 0 Å². The van der Waals surface area contributed by atoms with E-state index in [1.54, 1.807) is 6.07 Å². The van der Waals surface area contributed by atoms with Crippen molar-refractivity contribution in [1.82, 2.24) is 0 Å². The van der Waals surface area contributed by atoms with Gasteiger partial charge in [-0.25, -0.2) is 0 Å². The molecule has 1 aliphatic heterocycles. The van der Waals surface area contributed by atoms with Crippen molar-refractivity contribution in [1.29, 1.82) is 0 Å². The lowest BCUT2D eigenvalue weighted by molar-refractivity contribution is 0.0984. The van der Waals surface area contributed by atoms with Gasteiger partial charge >= 0.3 is 0 Å². The highest BCUT2D eigenvalue weighted by atomic mass is 16.2. The Labute approximate surface area is 171 Å². The second-order valence-corrected chi connectivity index (χ2v) is 7.23. The molecule has 0 spiro atoms. The van der Waals surface area contributed by atoms with E-state index < -0.39 is 0 Å². The molecule has 0 saturated carbocycles. The monoisotopic (exact) mass is 384 g/mol. The lowest BCUT2D eigenvalue weighted by Crippen LogP contribution is -2.35. The Balaban J connectivity index is 1.58. The highest BCUT2D eigenvalue weighted by molar-refractivity contribution is 6.08. The van der Waals surface area contributed by atoms with Gasteiger partial charge in [0.05, 0.1) is 0 Å². The Hall–Kier alpha value is -3.40. The summed E-state index contributed by atoms with van der Waals surface area (Å²) in [6, 6.07) is 22.8. The van der Waals surface area contributed by atoms with Crippen LogP contribution in [0.4, 0.5) is 11.4 Å². The second-order valence-electron chi connectivity index (χ2n) is 7.23. The third kappa shape index (κ3) is 3.92. The molecule has 29 heavy (non-hydrogen) atoms. The molecule has 0 aliphatic carbocycles. The summed E-state index contributed by atoms with van der Waals surface area (Å²) in [5.74, 6) is -0.124. The summed E-state index contributed by atoms with van der Waals surface area (Å²) in [4.78, 5) is 27.6. The van der Waals surface area contributed by atoms with Gasteiger partial charge in [0.15, 0.2) is 0 Å². The minimum absolute atomic E-state index is 0.000578. The molecule has 0 radical (unpaired) electrons. The summed E-state index contributed by atoms with van der Waals surface area (Å²) >= 11 is 0.